The molecule has 0 radical (unpaired) electrons. The summed E-state index contributed by atoms with van der Waals surface area (Å²) in [5, 5.41) is 3.31. The van der Waals surface area contributed by atoms with E-state index in [4.69, 9.17) is 4.98 Å². The summed E-state index contributed by atoms with van der Waals surface area (Å²) in [7, 11) is 0. The van der Waals surface area contributed by atoms with Crippen molar-refractivity contribution in [2.24, 2.45) is 0 Å². The summed E-state index contributed by atoms with van der Waals surface area (Å²) in [5.41, 5.74) is 9.05. The second-order valence-electron chi connectivity index (χ2n) is 8.18. The largest absolute Gasteiger partial charge is 0.325 e. The van der Waals surface area contributed by atoms with Crippen LogP contribution in [0, 0.1) is 0 Å². The van der Waals surface area contributed by atoms with E-state index >= 15 is 0 Å². The number of pyridine rings is 1. The van der Waals surface area contributed by atoms with Gasteiger partial charge in [-0.05, 0) is 67.2 Å². The molecule has 3 aliphatic rings. The van der Waals surface area contributed by atoms with Crippen molar-refractivity contribution >= 4 is 11.6 Å². The number of amides is 1. The van der Waals surface area contributed by atoms with Crippen LogP contribution in [0.25, 0.3) is 0 Å². The molecule has 0 atom stereocenters. The first-order chi connectivity index (χ1) is 13.3. The summed E-state index contributed by atoms with van der Waals surface area (Å²) in [4.78, 5) is 20.1. The van der Waals surface area contributed by atoms with E-state index in [1.54, 1.807) is 0 Å². The third-order valence-corrected chi connectivity index (χ3v) is 6.33. The van der Waals surface area contributed by atoms with Gasteiger partial charge in [0.15, 0.2) is 0 Å². The van der Waals surface area contributed by atoms with Crippen LogP contribution in [0.5, 0.6) is 0 Å². The highest BCUT2D eigenvalue weighted by atomic mass is 16.1. The molecular formula is C23H27N3O. The van der Waals surface area contributed by atoms with E-state index in [2.05, 4.69) is 34.5 Å². The van der Waals surface area contributed by atoms with E-state index < -0.39 is 0 Å². The van der Waals surface area contributed by atoms with Crippen LogP contribution >= 0.6 is 0 Å². The molecule has 1 aliphatic heterocycles. The van der Waals surface area contributed by atoms with Crippen molar-refractivity contribution in [3.05, 3.63) is 57.9 Å². The maximum absolute atomic E-state index is 12.8. The maximum Gasteiger partial charge on any atom is 0.225 e. The summed E-state index contributed by atoms with van der Waals surface area (Å²) in [6.45, 7) is 2.74. The molecule has 0 spiro atoms. The Morgan fingerprint density at radius 3 is 2.30 bits per heavy atom. The molecule has 27 heavy (non-hydrogen) atoms. The molecule has 140 valence electrons. The van der Waals surface area contributed by atoms with Crippen molar-refractivity contribution < 1.29 is 4.79 Å². The molecule has 1 amide bonds. The number of carbonyl (C=O) groups excluding carboxylic acids is 1. The van der Waals surface area contributed by atoms with E-state index in [1.165, 1.54) is 52.9 Å². The minimum Gasteiger partial charge on any atom is -0.325 e. The van der Waals surface area contributed by atoms with Gasteiger partial charge >= 0.3 is 0 Å². The molecule has 5 rings (SSSR count). The summed E-state index contributed by atoms with van der Waals surface area (Å²) >= 11 is 0. The number of hydrogen-bond acceptors (Lipinski definition) is 3. The molecule has 0 saturated carbocycles. The Labute approximate surface area is 161 Å². The highest BCUT2D eigenvalue weighted by Gasteiger charge is 2.26. The highest BCUT2D eigenvalue weighted by molar-refractivity contribution is 5.93. The molecule has 2 heterocycles. The Morgan fingerprint density at radius 2 is 1.56 bits per heavy atom. The third kappa shape index (κ3) is 3.27. The number of rotatable bonds is 4. The van der Waals surface area contributed by atoms with Crippen LogP contribution in [0.3, 0.4) is 0 Å². The monoisotopic (exact) mass is 361 g/mol. The minimum atomic E-state index is 0.152. The number of aromatic nitrogens is 1. The van der Waals surface area contributed by atoms with Crippen LogP contribution < -0.4 is 5.32 Å². The fraction of sp³-hybridized carbons (Fsp3) is 0.478. The van der Waals surface area contributed by atoms with E-state index in [0.29, 0.717) is 6.42 Å². The van der Waals surface area contributed by atoms with Crippen molar-refractivity contribution in [3.63, 3.8) is 0 Å². The van der Waals surface area contributed by atoms with Crippen LogP contribution in [-0.4, -0.2) is 22.3 Å². The average molecular weight is 361 g/mol. The number of anilines is 1. The van der Waals surface area contributed by atoms with E-state index in [-0.39, 0.29) is 5.91 Å². The van der Waals surface area contributed by atoms with Crippen LogP contribution in [0.15, 0.2) is 24.3 Å². The Balaban J connectivity index is 1.27. The highest BCUT2D eigenvalue weighted by Crippen LogP contribution is 2.36. The quantitative estimate of drug-likeness (QED) is 0.901. The van der Waals surface area contributed by atoms with Crippen molar-refractivity contribution in [3.8, 4) is 0 Å². The molecule has 0 bridgehead atoms. The SMILES string of the molecule is O=C(CCN1Cc2ccccc2C1)Nc1c2c(nc3c1CCC3)CCCC2. The number of hydrogen-bond donors (Lipinski definition) is 1. The Hall–Kier alpha value is -2.20. The first kappa shape index (κ1) is 16.9. The lowest BCUT2D eigenvalue weighted by atomic mass is 9.92. The van der Waals surface area contributed by atoms with Gasteiger partial charge in [-0.1, -0.05) is 24.3 Å². The predicted molar refractivity (Wildman–Crippen MR) is 107 cm³/mol. The van der Waals surface area contributed by atoms with Crippen molar-refractivity contribution in [2.75, 3.05) is 11.9 Å². The summed E-state index contributed by atoms with van der Waals surface area (Å²) < 4.78 is 0. The van der Waals surface area contributed by atoms with Gasteiger partial charge in [-0.25, -0.2) is 0 Å². The third-order valence-electron chi connectivity index (χ3n) is 6.33. The first-order valence-corrected chi connectivity index (χ1v) is 10.4. The Bertz CT molecular complexity index is 864. The van der Waals surface area contributed by atoms with Gasteiger partial charge in [0.25, 0.3) is 0 Å². The van der Waals surface area contributed by atoms with Gasteiger partial charge in [0.2, 0.25) is 5.91 Å². The zero-order valence-corrected chi connectivity index (χ0v) is 15.9. The normalized spacial score (nSPS) is 18.1. The second-order valence-corrected chi connectivity index (χ2v) is 8.18. The molecule has 0 unspecified atom stereocenters. The lowest BCUT2D eigenvalue weighted by Gasteiger charge is -2.22. The summed E-state index contributed by atoms with van der Waals surface area (Å²) in [5.74, 6) is 0.152. The number of benzene rings is 1. The van der Waals surface area contributed by atoms with Crippen LogP contribution in [0.4, 0.5) is 5.69 Å². The lowest BCUT2D eigenvalue weighted by Crippen LogP contribution is -2.24. The zero-order chi connectivity index (χ0) is 18.2. The average Bonchev–Trinajstić information content (AvgIpc) is 3.32. The topological polar surface area (TPSA) is 45.2 Å². The number of fused-ring (bicyclic) bond motifs is 3. The number of nitrogens with one attached hydrogen (secondary N) is 1. The Morgan fingerprint density at radius 1 is 0.926 bits per heavy atom. The first-order valence-electron chi connectivity index (χ1n) is 10.4. The molecular weight excluding hydrogens is 334 g/mol. The Kier molecular flexibility index (Phi) is 4.44. The van der Waals surface area contributed by atoms with Gasteiger partial charge in [0.05, 0.1) is 5.69 Å². The fourth-order valence-electron chi connectivity index (χ4n) is 4.92. The molecule has 1 aromatic heterocycles. The molecule has 2 aromatic rings. The van der Waals surface area contributed by atoms with Gasteiger partial charge in [-0.15, -0.1) is 0 Å². The number of nitrogens with zero attached hydrogens (tertiary/aromatic N) is 2. The minimum absolute atomic E-state index is 0.152. The number of carbonyl (C=O) groups is 1. The number of aryl methyl sites for hydroxylation is 2. The van der Waals surface area contributed by atoms with Crippen molar-refractivity contribution in [1.29, 1.82) is 0 Å². The van der Waals surface area contributed by atoms with Gasteiger partial charge < -0.3 is 5.32 Å². The van der Waals surface area contributed by atoms with Gasteiger partial charge in [-0.2, -0.15) is 0 Å². The van der Waals surface area contributed by atoms with Crippen LogP contribution in [0.1, 0.15) is 59.3 Å². The van der Waals surface area contributed by atoms with Gasteiger partial charge in [0, 0.05) is 37.4 Å². The van der Waals surface area contributed by atoms with Crippen molar-refractivity contribution in [2.45, 2.75) is 64.5 Å². The summed E-state index contributed by atoms with van der Waals surface area (Å²) in [6, 6.07) is 8.59. The zero-order valence-electron chi connectivity index (χ0n) is 15.9. The maximum atomic E-state index is 12.8. The standard InChI is InChI=1S/C23H27N3O/c27-22(12-13-26-14-16-6-1-2-7-17(16)15-26)25-23-18-8-3-4-10-20(18)24-21-11-5-9-19(21)23/h1-2,6-7H,3-5,8-15H2,(H,24,25,27). The van der Waals surface area contributed by atoms with E-state index in [1.807, 2.05) is 0 Å². The van der Waals surface area contributed by atoms with Crippen LogP contribution in [0.2, 0.25) is 0 Å². The van der Waals surface area contributed by atoms with E-state index in [9.17, 15) is 4.79 Å². The van der Waals surface area contributed by atoms with Crippen molar-refractivity contribution in [1.82, 2.24) is 9.88 Å². The predicted octanol–water partition coefficient (Wildman–Crippen LogP) is 3.79. The molecule has 0 saturated heterocycles. The van der Waals surface area contributed by atoms with E-state index in [0.717, 1.165) is 51.0 Å². The molecule has 4 nitrogen and oxygen atoms in total. The molecule has 2 aliphatic carbocycles. The molecule has 1 N–H and O–H groups in total. The second kappa shape index (κ2) is 7.08. The smallest absolute Gasteiger partial charge is 0.225 e. The molecule has 1 aromatic carbocycles. The fourth-order valence-corrected chi connectivity index (χ4v) is 4.92. The lowest BCUT2D eigenvalue weighted by molar-refractivity contribution is -0.116. The van der Waals surface area contributed by atoms with Crippen LogP contribution in [-0.2, 0) is 43.6 Å². The van der Waals surface area contributed by atoms with Gasteiger partial charge in [-0.3, -0.25) is 14.7 Å². The summed E-state index contributed by atoms with van der Waals surface area (Å²) in [6.07, 6.45) is 8.42. The van der Waals surface area contributed by atoms with Gasteiger partial charge in [0.1, 0.15) is 0 Å². The molecule has 0 fully saturated rings. The molecule has 4 heteroatoms.